The molecule has 0 spiro atoms. The van der Waals surface area contributed by atoms with Crippen LogP contribution >= 0.6 is 0 Å². The molecule has 0 heterocycles. The van der Waals surface area contributed by atoms with Crippen LogP contribution in [0.3, 0.4) is 0 Å². The molecular formula is C16H13FO3. The molecule has 4 heteroatoms. The van der Waals surface area contributed by atoms with Crippen LogP contribution in [0.25, 0.3) is 6.08 Å². The van der Waals surface area contributed by atoms with E-state index in [1.54, 1.807) is 37.5 Å². The van der Waals surface area contributed by atoms with E-state index in [1.165, 1.54) is 6.08 Å². The molecule has 2 aromatic rings. The molecule has 0 unspecified atom stereocenters. The summed E-state index contributed by atoms with van der Waals surface area (Å²) in [5.74, 6) is -0.547. The average molecular weight is 272 g/mol. The molecule has 2 aromatic carbocycles. The third kappa shape index (κ3) is 3.23. The Morgan fingerprint density at radius 2 is 1.90 bits per heavy atom. The maximum Gasteiger partial charge on any atom is 0.189 e. The van der Waals surface area contributed by atoms with Gasteiger partial charge in [0.2, 0.25) is 0 Å². The van der Waals surface area contributed by atoms with Crippen molar-refractivity contribution < 1.29 is 19.0 Å². The number of phenols is 1. The standard InChI is InChI=1S/C16H13FO3/c1-20-13-6-2-11(3-7-13)4-8-15(18)14-10-12(17)5-9-16(14)19/h2-10,19H,1H3/b8-4-. The number of benzene rings is 2. The van der Waals surface area contributed by atoms with Crippen molar-refractivity contribution in [3.8, 4) is 11.5 Å². The number of phenolic OH excluding ortho intramolecular Hbond substituents is 1. The topological polar surface area (TPSA) is 46.5 Å². The normalized spacial score (nSPS) is 10.7. The zero-order valence-electron chi connectivity index (χ0n) is 10.8. The van der Waals surface area contributed by atoms with E-state index in [1.807, 2.05) is 0 Å². The van der Waals surface area contributed by atoms with Crippen molar-refractivity contribution in [2.24, 2.45) is 0 Å². The minimum atomic E-state index is -0.566. The number of aromatic hydroxyl groups is 1. The van der Waals surface area contributed by atoms with Crippen molar-refractivity contribution >= 4 is 11.9 Å². The van der Waals surface area contributed by atoms with Crippen LogP contribution in [-0.2, 0) is 0 Å². The number of rotatable bonds is 4. The van der Waals surface area contributed by atoms with Crippen LogP contribution in [0.4, 0.5) is 4.39 Å². The predicted molar refractivity (Wildman–Crippen MR) is 74.4 cm³/mol. The van der Waals surface area contributed by atoms with Crippen molar-refractivity contribution in [1.82, 2.24) is 0 Å². The molecule has 0 aliphatic carbocycles. The van der Waals surface area contributed by atoms with Gasteiger partial charge in [-0.2, -0.15) is 0 Å². The molecule has 0 radical (unpaired) electrons. The van der Waals surface area contributed by atoms with Gasteiger partial charge in [-0.3, -0.25) is 4.79 Å². The van der Waals surface area contributed by atoms with Gasteiger partial charge < -0.3 is 9.84 Å². The lowest BCUT2D eigenvalue weighted by Gasteiger charge is -2.01. The highest BCUT2D eigenvalue weighted by Gasteiger charge is 2.09. The minimum Gasteiger partial charge on any atom is -0.507 e. The van der Waals surface area contributed by atoms with E-state index in [2.05, 4.69) is 0 Å². The van der Waals surface area contributed by atoms with Gasteiger partial charge >= 0.3 is 0 Å². The number of halogens is 1. The Labute approximate surface area is 115 Å². The van der Waals surface area contributed by atoms with Gasteiger partial charge in [-0.1, -0.05) is 18.2 Å². The van der Waals surface area contributed by atoms with Crippen LogP contribution in [-0.4, -0.2) is 18.0 Å². The second-order valence-corrected chi connectivity index (χ2v) is 4.13. The maximum absolute atomic E-state index is 13.1. The molecule has 3 nitrogen and oxygen atoms in total. The molecule has 20 heavy (non-hydrogen) atoms. The molecule has 0 saturated heterocycles. The molecule has 0 fully saturated rings. The van der Waals surface area contributed by atoms with E-state index in [4.69, 9.17) is 4.74 Å². The lowest BCUT2D eigenvalue weighted by Crippen LogP contribution is -1.95. The quantitative estimate of drug-likeness (QED) is 0.685. The number of allylic oxidation sites excluding steroid dienone is 1. The van der Waals surface area contributed by atoms with E-state index < -0.39 is 11.6 Å². The number of ketones is 1. The molecule has 2 rings (SSSR count). The number of ether oxygens (including phenoxy) is 1. The van der Waals surface area contributed by atoms with Gasteiger partial charge in [0.05, 0.1) is 12.7 Å². The fraction of sp³-hybridized carbons (Fsp3) is 0.0625. The first kappa shape index (κ1) is 13.8. The van der Waals surface area contributed by atoms with Gasteiger partial charge in [0.25, 0.3) is 0 Å². The van der Waals surface area contributed by atoms with E-state index in [-0.39, 0.29) is 11.3 Å². The molecule has 0 bridgehead atoms. The molecule has 0 aromatic heterocycles. The Morgan fingerprint density at radius 1 is 1.20 bits per heavy atom. The Hall–Kier alpha value is -2.62. The highest BCUT2D eigenvalue weighted by atomic mass is 19.1. The number of carbonyl (C=O) groups excluding carboxylic acids is 1. The first-order valence-corrected chi connectivity index (χ1v) is 5.95. The Bertz CT molecular complexity index is 645. The lowest BCUT2D eigenvalue weighted by atomic mass is 10.1. The molecule has 102 valence electrons. The maximum atomic E-state index is 13.1. The summed E-state index contributed by atoms with van der Waals surface area (Å²) in [4.78, 5) is 11.9. The van der Waals surface area contributed by atoms with Crippen LogP contribution in [0.1, 0.15) is 15.9 Å². The van der Waals surface area contributed by atoms with Gasteiger partial charge in [0.1, 0.15) is 17.3 Å². The van der Waals surface area contributed by atoms with Crippen LogP contribution in [0.15, 0.2) is 48.5 Å². The first-order chi connectivity index (χ1) is 9.60. The highest BCUT2D eigenvalue weighted by Crippen LogP contribution is 2.19. The summed E-state index contributed by atoms with van der Waals surface area (Å²) in [5.41, 5.74) is 0.741. The number of methoxy groups -OCH3 is 1. The zero-order valence-corrected chi connectivity index (χ0v) is 10.8. The third-order valence-corrected chi connectivity index (χ3v) is 2.77. The number of hydrogen-bond acceptors (Lipinski definition) is 3. The molecular weight excluding hydrogens is 259 g/mol. The fourth-order valence-electron chi connectivity index (χ4n) is 1.68. The zero-order chi connectivity index (χ0) is 14.5. The van der Waals surface area contributed by atoms with Gasteiger partial charge in [-0.25, -0.2) is 4.39 Å². The van der Waals surface area contributed by atoms with Gasteiger partial charge in [-0.15, -0.1) is 0 Å². The molecule has 0 amide bonds. The Balaban J connectivity index is 2.17. The average Bonchev–Trinajstić information content (AvgIpc) is 2.47. The van der Waals surface area contributed by atoms with Crippen LogP contribution in [0.5, 0.6) is 11.5 Å². The largest absolute Gasteiger partial charge is 0.507 e. The second kappa shape index (κ2) is 6.02. The smallest absolute Gasteiger partial charge is 0.189 e. The van der Waals surface area contributed by atoms with Crippen molar-refractivity contribution in [1.29, 1.82) is 0 Å². The lowest BCUT2D eigenvalue weighted by molar-refractivity contribution is 0.104. The number of hydrogen-bond donors (Lipinski definition) is 1. The Morgan fingerprint density at radius 3 is 2.55 bits per heavy atom. The highest BCUT2D eigenvalue weighted by molar-refractivity contribution is 6.08. The molecule has 0 atom stereocenters. The SMILES string of the molecule is COc1ccc(/C=C\C(=O)c2cc(F)ccc2O)cc1. The summed E-state index contributed by atoms with van der Waals surface area (Å²) < 4.78 is 18.1. The Kier molecular flexibility index (Phi) is 4.15. The summed E-state index contributed by atoms with van der Waals surface area (Å²) in [7, 11) is 1.57. The third-order valence-electron chi connectivity index (χ3n) is 2.77. The summed E-state index contributed by atoms with van der Waals surface area (Å²) >= 11 is 0. The number of carbonyl (C=O) groups is 1. The van der Waals surface area contributed by atoms with E-state index in [0.29, 0.717) is 0 Å². The van der Waals surface area contributed by atoms with E-state index >= 15 is 0 Å². The van der Waals surface area contributed by atoms with Crippen LogP contribution in [0, 0.1) is 5.82 Å². The second-order valence-electron chi connectivity index (χ2n) is 4.13. The molecule has 1 N–H and O–H groups in total. The predicted octanol–water partition coefficient (Wildman–Crippen LogP) is 3.44. The summed E-state index contributed by atoms with van der Waals surface area (Å²) in [6.45, 7) is 0. The van der Waals surface area contributed by atoms with Gasteiger partial charge in [0.15, 0.2) is 5.78 Å². The molecule has 0 saturated carbocycles. The van der Waals surface area contributed by atoms with Crippen molar-refractivity contribution in [3.63, 3.8) is 0 Å². The van der Waals surface area contributed by atoms with Crippen molar-refractivity contribution in [3.05, 3.63) is 65.5 Å². The van der Waals surface area contributed by atoms with Gasteiger partial charge in [0, 0.05) is 0 Å². The van der Waals surface area contributed by atoms with E-state index in [0.717, 1.165) is 29.5 Å². The molecule has 0 aliphatic heterocycles. The van der Waals surface area contributed by atoms with Crippen molar-refractivity contribution in [2.45, 2.75) is 0 Å². The monoisotopic (exact) mass is 272 g/mol. The summed E-state index contributed by atoms with van der Waals surface area (Å²) in [6.07, 6.45) is 2.88. The summed E-state index contributed by atoms with van der Waals surface area (Å²) in [6, 6.07) is 10.4. The molecule has 0 aliphatic rings. The minimum absolute atomic E-state index is 0.0604. The van der Waals surface area contributed by atoms with E-state index in [9.17, 15) is 14.3 Å². The van der Waals surface area contributed by atoms with Crippen LogP contribution < -0.4 is 4.74 Å². The summed E-state index contributed by atoms with van der Waals surface area (Å²) in [5, 5.41) is 9.53. The van der Waals surface area contributed by atoms with Crippen LogP contribution in [0.2, 0.25) is 0 Å². The van der Waals surface area contributed by atoms with Crippen molar-refractivity contribution in [2.75, 3.05) is 7.11 Å². The first-order valence-electron chi connectivity index (χ1n) is 5.95. The van der Waals surface area contributed by atoms with Gasteiger partial charge in [-0.05, 0) is 42.0 Å². The fourth-order valence-corrected chi connectivity index (χ4v) is 1.68.